The Morgan fingerprint density at radius 1 is 1.46 bits per heavy atom. The van der Waals surface area contributed by atoms with Crippen LogP contribution in [0.25, 0.3) is 0 Å². The molecule has 0 aromatic heterocycles. The Bertz CT molecular complexity index is 283. The van der Waals surface area contributed by atoms with Crippen molar-refractivity contribution in [1.82, 2.24) is 0 Å². The minimum Gasteiger partial charge on any atom is -0.205 e. The third kappa shape index (κ3) is 2.70. The van der Waals surface area contributed by atoms with Gasteiger partial charge in [-0.15, -0.1) is 0 Å². The van der Waals surface area contributed by atoms with E-state index in [1.807, 2.05) is 6.07 Å². The lowest BCUT2D eigenvalue weighted by Crippen LogP contribution is -1.93. The maximum Gasteiger partial charge on any atom is 0.142 e. The Balaban J connectivity index is 2.84. The average Bonchev–Trinajstić information content (AvgIpc) is 2.10. The first-order valence-corrected chi connectivity index (χ1v) is 4.98. The molecule has 2 heteroatoms. The summed E-state index contributed by atoms with van der Waals surface area (Å²) in [6, 6.07) is 5.05. The molecule has 1 unspecified atom stereocenters. The molecular weight excluding hydrogens is 187 g/mol. The van der Waals surface area contributed by atoms with Crippen molar-refractivity contribution in [1.29, 1.82) is 0 Å². The van der Waals surface area contributed by atoms with Crippen LogP contribution in [0.4, 0.5) is 4.39 Å². The Morgan fingerprint density at radius 2 is 2.15 bits per heavy atom. The number of halogens is 2. The van der Waals surface area contributed by atoms with Crippen molar-refractivity contribution in [3.8, 4) is 0 Å². The van der Waals surface area contributed by atoms with Gasteiger partial charge in [-0.3, -0.25) is 0 Å². The maximum absolute atomic E-state index is 13.0. The van der Waals surface area contributed by atoms with Crippen molar-refractivity contribution in [2.45, 2.75) is 32.6 Å². The van der Waals surface area contributed by atoms with E-state index in [2.05, 4.69) is 13.8 Å². The van der Waals surface area contributed by atoms with E-state index in [0.29, 0.717) is 5.92 Å². The minimum atomic E-state index is -0.317. The molecule has 0 aliphatic carbocycles. The summed E-state index contributed by atoms with van der Waals surface area (Å²) in [5.74, 6) is 0.0962. The summed E-state index contributed by atoms with van der Waals surface area (Å²) < 4.78 is 13.0. The quantitative estimate of drug-likeness (QED) is 0.679. The van der Waals surface area contributed by atoms with Gasteiger partial charge in [0, 0.05) is 0 Å². The van der Waals surface area contributed by atoms with Crippen LogP contribution in [0.1, 0.15) is 38.2 Å². The molecule has 13 heavy (non-hydrogen) atoms. The average molecular weight is 201 g/mol. The highest BCUT2D eigenvalue weighted by atomic mass is 35.5. The zero-order valence-electron chi connectivity index (χ0n) is 7.98. The molecule has 0 fully saturated rings. The molecule has 0 radical (unpaired) electrons. The Labute approximate surface area is 83.7 Å². The second kappa shape index (κ2) is 4.61. The molecule has 0 nitrogen and oxygen atoms in total. The van der Waals surface area contributed by atoms with Crippen LogP contribution in [0.3, 0.4) is 0 Å². The number of benzene rings is 1. The summed E-state index contributed by atoms with van der Waals surface area (Å²) in [7, 11) is 0. The Morgan fingerprint density at radius 3 is 2.69 bits per heavy atom. The van der Waals surface area contributed by atoms with Crippen LogP contribution in [-0.2, 0) is 0 Å². The molecule has 0 amide bonds. The first-order chi connectivity index (χ1) is 6.15. The van der Waals surface area contributed by atoms with Crippen molar-refractivity contribution in [2.24, 2.45) is 0 Å². The number of rotatable bonds is 3. The highest BCUT2D eigenvalue weighted by Crippen LogP contribution is 2.24. The van der Waals surface area contributed by atoms with Gasteiger partial charge in [-0.05, 0) is 30.0 Å². The third-order valence-electron chi connectivity index (χ3n) is 2.23. The lowest BCUT2D eigenvalue weighted by Gasteiger charge is -2.10. The highest BCUT2D eigenvalue weighted by Gasteiger charge is 2.06. The molecule has 1 rings (SSSR count). The third-order valence-corrected chi connectivity index (χ3v) is 2.54. The first kappa shape index (κ1) is 10.5. The summed E-state index contributed by atoms with van der Waals surface area (Å²) in [4.78, 5) is 0. The molecule has 0 heterocycles. The second-order valence-corrected chi connectivity index (χ2v) is 3.77. The fraction of sp³-hybridized carbons (Fsp3) is 0.455. The maximum atomic E-state index is 13.0. The van der Waals surface area contributed by atoms with E-state index in [4.69, 9.17) is 11.6 Å². The van der Waals surface area contributed by atoms with Gasteiger partial charge in [-0.2, -0.15) is 0 Å². The van der Waals surface area contributed by atoms with Crippen LogP contribution in [0.15, 0.2) is 18.2 Å². The van der Waals surface area contributed by atoms with Crippen molar-refractivity contribution < 1.29 is 4.39 Å². The van der Waals surface area contributed by atoms with E-state index in [-0.39, 0.29) is 10.8 Å². The molecule has 0 bridgehead atoms. The smallest absolute Gasteiger partial charge is 0.142 e. The van der Waals surface area contributed by atoms with Crippen molar-refractivity contribution in [3.05, 3.63) is 34.6 Å². The zero-order valence-corrected chi connectivity index (χ0v) is 8.74. The van der Waals surface area contributed by atoms with E-state index in [9.17, 15) is 4.39 Å². The lowest BCUT2D eigenvalue weighted by atomic mass is 9.97. The molecule has 1 atom stereocenters. The van der Waals surface area contributed by atoms with Crippen LogP contribution in [0.2, 0.25) is 5.02 Å². The normalized spacial score (nSPS) is 12.9. The van der Waals surface area contributed by atoms with Crippen molar-refractivity contribution in [3.63, 3.8) is 0 Å². The highest BCUT2D eigenvalue weighted by molar-refractivity contribution is 6.30. The second-order valence-electron chi connectivity index (χ2n) is 3.36. The van der Waals surface area contributed by atoms with Gasteiger partial charge in [-0.1, -0.05) is 37.9 Å². The monoisotopic (exact) mass is 200 g/mol. The summed E-state index contributed by atoms with van der Waals surface area (Å²) in [5.41, 5.74) is 1.03. The van der Waals surface area contributed by atoms with Gasteiger partial charge in [0.2, 0.25) is 0 Å². The predicted octanol–water partition coefficient (Wildman–Crippen LogP) is 4.38. The molecule has 0 N–H and O–H groups in total. The summed E-state index contributed by atoms with van der Waals surface area (Å²) >= 11 is 5.59. The fourth-order valence-corrected chi connectivity index (χ4v) is 1.54. The van der Waals surface area contributed by atoms with Crippen LogP contribution in [0, 0.1) is 5.82 Å². The molecule has 0 spiro atoms. The molecule has 0 saturated heterocycles. The molecule has 0 saturated carbocycles. The Hall–Kier alpha value is -0.560. The van der Waals surface area contributed by atoms with Crippen LogP contribution < -0.4 is 0 Å². The van der Waals surface area contributed by atoms with Gasteiger partial charge < -0.3 is 0 Å². The van der Waals surface area contributed by atoms with Gasteiger partial charge in [0.15, 0.2) is 0 Å². The predicted molar refractivity (Wildman–Crippen MR) is 54.7 cm³/mol. The van der Waals surface area contributed by atoms with Crippen molar-refractivity contribution >= 4 is 11.6 Å². The molecular formula is C11H14ClF. The van der Waals surface area contributed by atoms with E-state index < -0.39 is 0 Å². The molecule has 0 aliphatic heterocycles. The van der Waals surface area contributed by atoms with Gasteiger partial charge in [0.25, 0.3) is 0 Å². The van der Waals surface area contributed by atoms with Crippen LogP contribution >= 0.6 is 11.6 Å². The van der Waals surface area contributed by atoms with E-state index in [1.165, 1.54) is 6.07 Å². The summed E-state index contributed by atoms with van der Waals surface area (Å²) in [6.45, 7) is 4.23. The van der Waals surface area contributed by atoms with E-state index in [1.54, 1.807) is 6.07 Å². The Kier molecular flexibility index (Phi) is 3.73. The van der Waals surface area contributed by atoms with Gasteiger partial charge in [-0.25, -0.2) is 4.39 Å². The van der Waals surface area contributed by atoms with Crippen LogP contribution in [0.5, 0.6) is 0 Å². The lowest BCUT2D eigenvalue weighted by molar-refractivity contribution is 0.613. The molecule has 1 aromatic rings. The number of hydrogen-bond acceptors (Lipinski definition) is 0. The van der Waals surface area contributed by atoms with Gasteiger partial charge >= 0.3 is 0 Å². The van der Waals surface area contributed by atoms with E-state index >= 15 is 0 Å². The number of hydrogen-bond donors (Lipinski definition) is 0. The van der Waals surface area contributed by atoms with E-state index in [0.717, 1.165) is 18.4 Å². The van der Waals surface area contributed by atoms with Crippen LogP contribution in [-0.4, -0.2) is 0 Å². The largest absolute Gasteiger partial charge is 0.205 e. The first-order valence-electron chi connectivity index (χ1n) is 4.60. The fourth-order valence-electron chi connectivity index (χ4n) is 1.42. The van der Waals surface area contributed by atoms with Crippen molar-refractivity contribution in [2.75, 3.05) is 0 Å². The van der Waals surface area contributed by atoms with Gasteiger partial charge in [0.05, 0.1) is 5.02 Å². The topological polar surface area (TPSA) is 0 Å². The standard InChI is InChI=1S/C11H14ClF/c1-3-4-8(2)9-5-6-10(12)11(13)7-9/h5-8H,3-4H2,1-2H3. The summed E-state index contributed by atoms with van der Waals surface area (Å²) in [6.07, 6.45) is 2.20. The SMILES string of the molecule is CCCC(C)c1ccc(Cl)c(F)c1. The molecule has 72 valence electrons. The molecule has 0 aliphatic rings. The summed E-state index contributed by atoms with van der Waals surface area (Å²) in [5, 5.41) is 0.201. The molecule has 1 aromatic carbocycles. The zero-order chi connectivity index (χ0) is 9.84. The van der Waals surface area contributed by atoms with Gasteiger partial charge in [0.1, 0.15) is 5.82 Å². The minimum absolute atomic E-state index is 0.201.